The summed E-state index contributed by atoms with van der Waals surface area (Å²) in [5.74, 6) is 1.02. The fraction of sp³-hybridized carbons (Fsp3) is 0.600. The molecule has 1 atom stereocenters. The third-order valence-electron chi connectivity index (χ3n) is 4.26. The lowest BCUT2D eigenvalue weighted by Crippen LogP contribution is -2.45. The Morgan fingerprint density at radius 3 is 2.65 bits per heavy atom. The van der Waals surface area contributed by atoms with E-state index in [0.29, 0.717) is 6.04 Å². The highest BCUT2D eigenvalue weighted by Gasteiger charge is 2.27. The Hall–Kier alpha value is -0.860. The predicted molar refractivity (Wildman–Crippen MR) is 70.7 cm³/mol. The fourth-order valence-electron chi connectivity index (χ4n) is 2.89. The van der Waals surface area contributed by atoms with Crippen molar-refractivity contribution < 1.29 is 0 Å². The Kier molecular flexibility index (Phi) is 3.17. The third kappa shape index (κ3) is 2.53. The number of nitrogens with two attached hydrogens (primary N) is 1. The molecule has 92 valence electrons. The minimum absolute atomic E-state index is 0.559. The van der Waals surface area contributed by atoms with Crippen LogP contribution in [0.4, 0.5) is 0 Å². The van der Waals surface area contributed by atoms with Crippen LogP contribution in [0.3, 0.4) is 0 Å². The fourth-order valence-corrected chi connectivity index (χ4v) is 2.89. The topological polar surface area (TPSA) is 29.3 Å². The van der Waals surface area contributed by atoms with E-state index in [2.05, 4.69) is 29.2 Å². The number of benzene rings is 1. The smallest absolute Gasteiger partial charge is 0.0262 e. The second kappa shape index (κ2) is 4.79. The van der Waals surface area contributed by atoms with E-state index in [1.54, 1.807) is 0 Å². The molecule has 0 spiro atoms. The van der Waals surface area contributed by atoms with E-state index in [-0.39, 0.29) is 0 Å². The van der Waals surface area contributed by atoms with Crippen LogP contribution >= 0.6 is 0 Å². The van der Waals surface area contributed by atoms with Crippen molar-refractivity contribution >= 4 is 0 Å². The highest BCUT2D eigenvalue weighted by molar-refractivity contribution is 5.30. The van der Waals surface area contributed by atoms with Crippen molar-refractivity contribution in [3.8, 4) is 0 Å². The molecule has 1 aromatic carbocycles. The number of hydrogen-bond acceptors (Lipinski definition) is 2. The van der Waals surface area contributed by atoms with Crippen LogP contribution in [-0.4, -0.2) is 24.0 Å². The molecule has 1 heterocycles. The van der Waals surface area contributed by atoms with Gasteiger partial charge in [0.2, 0.25) is 0 Å². The van der Waals surface area contributed by atoms with Crippen LogP contribution in [0.15, 0.2) is 24.3 Å². The Labute approximate surface area is 104 Å². The second-order valence-corrected chi connectivity index (χ2v) is 5.56. The molecule has 0 aromatic heterocycles. The molecule has 1 aliphatic carbocycles. The normalized spacial score (nSPS) is 24.6. The van der Waals surface area contributed by atoms with Crippen LogP contribution in [-0.2, 0) is 13.0 Å². The molecule has 1 saturated carbocycles. The number of rotatable bonds is 4. The molecule has 17 heavy (non-hydrogen) atoms. The largest absolute Gasteiger partial charge is 0.329 e. The molecule has 2 aliphatic rings. The molecule has 3 rings (SSSR count). The van der Waals surface area contributed by atoms with Gasteiger partial charge in [0.15, 0.2) is 0 Å². The van der Waals surface area contributed by atoms with Crippen molar-refractivity contribution in [2.45, 2.75) is 38.3 Å². The Morgan fingerprint density at radius 2 is 1.94 bits per heavy atom. The van der Waals surface area contributed by atoms with Gasteiger partial charge in [-0.2, -0.15) is 0 Å². The summed E-state index contributed by atoms with van der Waals surface area (Å²) >= 11 is 0. The van der Waals surface area contributed by atoms with Gasteiger partial charge in [0.1, 0.15) is 0 Å². The first-order valence-electron chi connectivity index (χ1n) is 6.87. The maximum Gasteiger partial charge on any atom is 0.0262 e. The van der Waals surface area contributed by atoms with Crippen LogP contribution in [0.1, 0.15) is 30.4 Å². The summed E-state index contributed by atoms with van der Waals surface area (Å²) < 4.78 is 0. The molecular weight excluding hydrogens is 208 g/mol. The molecule has 0 saturated heterocycles. The van der Waals surface area contributed by atoms with E-state index in [1.165, 1.54) is 36.9 Å². The van der Waals surface area contributed by atoms with Gasteiger partial charge in [0.05, 0.1) is 0 Å². The summed E-state index contributed by atoms with van der Waals surface area (Å²) in [5.41, 5.74) is 8.94. The first-order valence-corrected chi connectivity index (χ1v) is 6.87. The maximum atomic E-state index is 5.93. The third-order valence-corrected chi connectivity index (χ3v) is 4.26. The van der Waals surface area contributed by atoms with Crippen molar-refractivity contribution in [1.29, 1.82) is 0 Å². The average Bonchev–Trinajstić information content (AvgIpc) is 3.19. The first kappa shape index (κ1) is 11.2. The van der Waals surface area contributed by atoms with Gasteiger partial charge in [-0.15, -0.1) is 0 Å². The minimum Gasteiger partial charge on any atom is -0.329 e. The molecule has 1 aromatic rings. The van der Waals surface area contributed by atoms with E-state index >= 15 is 0 Å². The zero-order chi connectivity index (χ0) is 11.7. The summed E-state index contributed by atoms with van der Waals surface area (Å²) in [6.07, 6.45) is 5.42. The Morgan fingerprint density at radius 1 is 1.18 bits per heavy atom. The van der Waals surface area contributed by atoms with Gasteiger partial charge in [0.25, 0.3) is 0 Å². The van der Waals surface area contributed by atoms with Crippen molar-refractivity contribution in [2.75, 3.05) is 13.1 Å². The number of hydrogen-bond donors (Lipinski definition) is 1. The molecule has 1 fully saturated rings. The molecule has 0 bridgehead atoms. The van der Waals surface area contributed by atoms with Crippen LogP contribution < -0.4 is 5.73 Å². The van der Waals surface area contributed by atoms with Crippen molar-refractivity contribution in [1.82, 2.24) is 4.90 Å². The molecular formula is C15H22N2. The Bertz CT molecular complexity index is 384. The minimum atomic E-state index is 0.559. The van der Waals surface area contributed by atoms with E-state index < -0.39 is 0 Å². The SMILES string of the molecule is NCC1Cc2ccccc2CN1CCC1CC1. The molecule has 0 radical (unpaired) electrons. The highest BCUT2D eigenvalue weighted by atomic mass is 15.2. The molecule has 1 aliphatic heterocycles. The quantitative estimate of drug-likeness (QED) is 0.859. The zero-order valence-corrected chi connectivity index (χ0v) is 10.4. The van der Waals surface area contributed by atoms with E-state index in [4.69, 9.17) is 5.73 Å². The monoisotopic (exact) mass is 230 g/mol. The van der Waals surface area contributed by atoms with Crippen molar-refractivity contribution in [2.24, 2.45) is 11.7 Å². The Balaban J connectivity index is 1.70. The number of nitrogens with zero attached hydrogens (tertiary/aromatic N) is 1. The van der Waals surface area contributed by atoms with E-state index in [0.717, 1.165) is 25.4 Å². The lowest BCUT2D eigenvalue weighted by Gasteiger charge is -2.36. The zero-order valence-electron chi connectivity index (χ0n) is 10.4. The van der Waals surface area contributed by atoms with E-state index in [1.807, 2.05) is 0 Å². The van der Waals surface area contributed by atoms with Crippen LogP contribution in [0.5, 0.6) is 0 Å². The highest BCUT2D eigenvalue weighted by Crippen LogP contribution is 2.33. The summed E-state index contributed by atoms with van der Waals surface area (Å²) in [7, 11) is 0. The van der Waals surface area contributed by atoms with Gasteiger partial charge in [-0.25, -0.2) is 0 Å². The molecule has 1 unspecified atom stereocenters. The number of fused-ring (bicyclic) bond motifs is 1. The summed E-state index contributed by atoms with van der Waals surface area (Å²) in [5, 5.41) is 0. The van der Waals surface area contributed by atoms with Gasteiger partial charge < -0.3 is 5.73 Å². The average molecular weight is 230 g/mol. The summed E-state index contributed by atoms with van der Waals surface area (Å²) in [6, 6.07) is 9.39. The molecule has 2 heteroatoms. The van der Waals surface area contributed by atoms with Gasteiger partial charge in [0, 0.05) is 19.1 Å². The van der Waals surface area contributed by atoms with Crippen LogP contribution in [0, 0.1) is 5.92 Å². The van der Waals surface area contributed by atoms with Crippen molar-refractivity contribution in [3.63, 3.8) is 0 Å². The molecule has 2 N–H and O–H groups in total. The second-order valence-electron chi connectivity index (χ2n) is 5.56. The van der Waals surface area contributed by atoms with Crippen LogP contribution in [0.2, 0.25) is 0 Å². The van der Waals surface area contributed by atoms with E-state index in [9.17, 15) is 0 Å². The lowest BCUT2D eigenvalue weighted by atomic mass is 9.94. The molecule has 0 amide bonds. The summed E-state index contributed by atoms with van der Waals surface area (Å²) in [6.45, 7) is 3.13. The van der Waals surface area contributed by atoms with Gasteiger partial charge in [-0.3, -0.25) is 4.90 Å². The summed E-state index contributed by atoms with van der Waals surface area (Å²) in [4.78, 5) is 2.60. The van der Waals surface area contributed by atoms with Crippen LogP contribution in [0.25, 0.3) is 0 Å². The maximum absolute atomic E-state index is 5.93. The standard InChI is InChI=1S/C15H22N2/c16-10-15-9-13-3-1-2-4-14(13)11-17(15)8-7-12-5-6-12/h1-4,12,15H,5-11,16H2. The van der Waals surface area contributed by atoms with Gasteiger partial charge in [-0.1, -0.05) is 37.1 Å². The predicted octanol–water partition coefficient (Wildman–Crippen LogP) is 2.17. The lowest BCUT2D eigenvalue weighted by molar-refractivity contribution is 0.171. The van der Waals surface area contributed by atoms with Gasteiger partial charge in [-0.05, 0) is 36.4 Å². The van der Waals surface area contributed by atoms with Crippen molar-refractivity contribution in [3.05, 3.63) is 35.4 Å². The van der Waals surface area contributed by atoms with Gasteiger partial charge >= 0.3 is 0 Å². The first-order chi connectivity index (χ1) is 8.36. The molecule has 2 nitrogen and oxygen atoms in total.